The third-order valence-electron chi connectivity index (χ3n) is 3.86. The molecule has 1 aromatic carbocycles. The van der Waals surface area contributed by atoms with Crippen molar-refractivity contribution in [2.75, 3.05) is 14.2 Å². The third-order valence-corrected chi connectivity index (χ3v) is 3.86. The second-order valence-corrected chi connectivity index (χ2v) is 5.25. The Balaban J connectivity index is 2.68. The second kappa shape index (κ2) is 4.74. The molecule has 0 aromatic heterocycles. The number of fused-ring (bicyclic) bond motifs is 1. The van der Waals surface area contributed by atoms with Gasteiger partial charge in [-0.15, -0.1) is 0 Å². The van der Waals surface area contributed by atoms with Crippen LogP contribution in [-0.4, -0.2) is 36.8 Å². The maximum absolute atomic E-state index is 12.5. The van der Waals surface area contributed by atoms with Gasteiger partial charge in [0.1, 0.15) is 0 Å². The summed E-state index contributed by atoms with van der Waals surface area (Å²) in [7, 11) is 2.72. The van der Waals surface area contributed by atoms with Crippen molar-refractivity contribution >= 4 is 17.8 Å². The third kappa shape index (κ3) is 1.90. The van der Waals surface area contributed by atoms with Crippen LogP contribution in [0.4, 0.5) is 0 Å². The number of carbonyl (C=O) groups is 3. The fourth-order valence-electron chi connectivity index (χ4n) is 2.85. The van der Waals surface area contributed by atoms with Gasteiger partial charge in [-0.3, -0.25) is 19.3 Å². The van der Waals surface area contributed by atoms with Gasteiger partial charge in [0.05, 0.1) is 18.9 Å². The Bertz CT molecular complexity index is 608. The number of rotatable bonds is 2. The minimum absolute atomic E-state index is 0.0855. The summed E-state index contributed by atoms with van der Waals surface area (Å²) in [4.78, 5) is 37.5. The van der Waals surface area contributed by atoms with Gasteiger partial charge in [0.2, 0.25) is 5.91 Å². The van der Waals surface area contributed by atoms with Crippen molar-refractivity contribution in [3.05, 3.63) is 34.9 Å². The van der Waals surface area contributed by atoms with Gasteiger partial charge in [0, 0.05) is 12.6 Å². The van der Waals surface area contributed by atoms with E-state index in [-0.39, 0.29) is 18.2 Å². The fourth-order valence-corrected chi connectivity index (χ4v) is 2.85. The van der Waals surface area contributed by atoms with E-state index in [4.69, 9.17) is 0 Å². The zero-order valence-corrected chi connectivity index (χ0v) is 12.0. The lowest BCUT2D eigenvalue weighted by Gasteiger charge is -2.38. The Morgan fingerprint density at radius 1 is 1.35 bits per heavy atom. The van der Waals surface area contributed by atoms with E-state index in [2.05, 4.69) is 4.74 Å². The average Bonchev–Trinajstić information content (AvgIpc) is 2.42. The molecule has 0 saturated carbocycles. The Labute approximate surface area is 117 Å². The molecular weight excluding hydrogens is 258 g/mol. The van der Waals surface area contributed by atoms with Crippen molar-refractivity contribution in [2.24, 2.45) is 0 Å². The number of imide groups is 1. The molecule has 0 aliphatic carbocycles. The van der Waals surface area contributed by atoms with Crippen LogP contribution in [0, 0.1) is 6.92 Å². The van der Waals surface area contributed by atoms with E-state index in [1.54, 1.807) is 19.1 Å². The van der Waals surface area contributed by atoms with Gasteiger partial charge in [-0.25, -0.2) is 0 Å². The lowest BCUT2D eigenvalue weighted by molar-refractivity contribution is -0.147. The smallest absolute Gasteiger partial charge is 0.306 e. The van der Waals surface area contributed by atoms with Crippen molar-refractivity contribution in [3.8, 4) is 0 Å². The van der Waals surface area contributed by atoms with Gasteiger partial charge >= 0.3 is 5.97 Å². The van der Waals surface area contributed by atoms with Gasteiger partial charge in [0.25, 0.3) is 5.91 Å². The molecule has 1 heterocycles. The summed E-state index contributed by atoms with van der Waals surface area (Å²) in [5, 5.41) is 0. The predicted octanol–water partition coefficient (Wildman–Crippen LogP) is 1.43. The summed E-state index contributed by atoms with van der Waals surface area (Å²) < 4.78 is 4.69. The number of esters is 1. The first-order valence-corrected chi connectivity index (χ1v) is 6.32. The first kappa shape index (κ1) is 14.2. The van der Waals surface area contributed by atoms with Crippen LogP contribution in [0.5, 0.6) is 0 Å². The number of benzene rings is 1. The minimum atomic E-state index is -1.07. The van der Waals surface area contributed by atoms with Crippen LogP contribution in [0.15, 0.2) is 18.2 Å². The largest absolute Gasteiger partial charge is 0.469 e. The molecular formula is C15H17NO4. The number of carbonyl (C=O) groups excluding carboxylic acids is 3. The monoisotopic (exact) mass is 275 g/mol. The van der Waals surface area contributed by atoms with Crippen LogP contribution in [0.2, 0.25) is 0 Å². The molecule has 0 spiro atoms. The number of nitrogens with zero attached hydrogens (tertiary/aromatic N) is 1. The van der Waals surface area contributed by atoms with Crippen LogP contribution < -0.4 is 0 Å². The van der Waals surface area contributed by atoms with E-state index in [0.717, 1.165) is 10.5 Å². The molecule has 1 atom stereocenters. The molecule has 2 rings (SSSR count). The van der Waals surface area contributed by atoms with Crippen LogP contribution in [0.1, 0.15) is 34.8 Å². The first-order chi connectivity index (χ1) is 9.32. The number of likely N-dealkylation sites (N-methyl/N-ethyl adjacent to an activating group) is 1. The predicted molar refractivity (Wildman–Crippen MR) is 72.3 cm³/mol. The van der Waals surface area contributed by atoms with Gasteiger partial charge in [-0.05, 0) is 31.0 Å². The maximum Gasteiger partial charge on any atom is 0.306 e. The van der Waals surface area contributed by atoms with Crippen molar-refractivity contribution < 1.29 is 19.1 Å². The number of amides is 2. The van der Waals surface area contributed by atoms with Crippen LogP contribution in [0.3, 0.4) is 0 Å². The number of hydrogen-bond acceptors (Lipinski definition) is 4. The summed E-state index contributed by atoms with van der Waals surface area (Å²) in [5.41, 5.74) is 0.844. The minimum Gasteiger partial charge on any atom is -0.469 e. The molecule has 1 aromatic rings. The van der Waals surface area contributed by atoms with Gasteiger partial charge in [0.15, 0.2) is 0 Å². The highest BCUT2D eigenvalue weighted by molar-refractivity contribution is 6.13. The van der Waals surface area contributed by atoms with E-state index < -0.39 is 11.4 Å². The van der Waals surface area contributed by atoms with E-state index in [1.165, 1.54) is 14.2 Å². The Morgan fingerprint density at radius 2 is 2.00 bits per heavy atom. The first-order valence-electron chi connectivity index (χ1n) is 6.32. The summed E-state index contributed by atoms with van der Waals surface area (Å²) in [6.45, 7) is 3.52. The van der Waals surface area contributed by atoms with Gasteiger partial charge < -0.3 is 4.74 Å². The highest BCUT2D eigenvalue weighted by Gasteiger charge is 2.48. The molecule has 5 heteroatoms. The van der Waals surface area contributed by atoms with E-state index in [0.29, 0.717) is 11.1 Å². The number of hydrogen-bond donors (Lipinski definition) is 0. The summed E-state index contributed by atoms with van der Waals surface area (Å²) in [6, 6.07) is 5.29. The number of methoxy groups -OCH3 is 1. The fraction of sp³-hybridized carbons (Fsp3) is 0.400. The van der Waals surface area contributed by atoms with E-state index in [1.807, 2.05) is 13.0 Å². The molecule has 1 aliphatic heterocycles. The quantitative estimate of drug-likeness (QED) is 0.605. The van der Waals surface area contributed by atoms with Crippen molar-refractivity contribution in [1.82, 2.24) is 4.90 Å². The van der Waals surface area contributed by atoms with E-state index in [9.17, 15) is 14.4 Å². The lowest BCUT2D eigenvalue weighted by Crippen LogP contribution is -2.52. The highest BCUT2D eigenvalue weighted by atomic mass is 16.5. The zero-order valence-electron chi connectivity index (χ0n) is 12.0. The molecule has 0 saturated heterocycles. The molecule has 20 heavy (non-hydrogen) atoms. The Hall–Kier alpha value is -2.17. The van der Waals surface area contributed by atoms with Crippen molar-refractivity contribution in [3.63, 3.8) is 0 Å². The molecule has 0 fully saturated rings. The van der Waals surface area contributed by atoms with E-state index >= 15 is 0 Å². The lowest BCUT2D eigenvalue weighted by atomic mass is 9.71. The van der Waals surface area contributed by atoms with Gasteiger partial charge in [-0.1, -0.05) is 12.1 Å². The number of ether oxygens (including phenoxy) is 1. The molecule has 5 nitrogen and oxygen atoms in total. The number of aryl methyl sites for hydroxylation is 1. The molecule has 0 radical (unpaired) electrons. The van der Waals surface area contributed by atoms with Crippen LogP contribution in [0.25, 0.3) is 0 Å². The molecule has 1 aliphatic rings. The summed E-state index contributed by atoms with van der Waals surface area (Å²) >= 11 is 0. The maximum atomic E-state index is 12.5. The Kier molecular flexibility index (Phi) is 3.38. The van der Waals surface area contributed by atoms with Crippen molar-refractivity contribution in [2.45, 2.75) is 25.7 Å². The summed E-state index contributed by atoms with van der Waals surface area (Å²) in [6.07, 6.45) is -0.0855. The standard InChI is InChI=1S/C15H17NO4/c1-9-6-5-7-10-12(9)15(2,8-11(17)20-4)14(19)16(3)13(10)18/h5-7H,8H2,1-4H3. The normalized spacial score (nSPS) is 21.7. The summed E-state index contributed by atoms with van der Waals surface area (Å²) in [5.74, 6) is -1.19. The topological polar surface area (TPSA) is 63.7 Å². The van der Waals surface area contributed by atoms with Gasteiger partial charge in [-0.2, -0.15) is 0 Å². The van der Waals surface area contributed by atoms with Crippen molar-refractivity contribution in [1.29, 1.82) is 0 Å². The average molecular weight is 275 g/mol. The zero-order chi connectivity index (χ0) is 15.1. The molecule has 106 valence electrons. The Morgan fingerprint density at radius 3 is 2.60 bits per heavy atom. The molecule has 1 unspecified atom stereocenters. The SMILES string of the molecule is COC(=O)CC1(C)C(=O)N(C)C(=O)c2cccc(C)c21. The molecule has 0 bridgehead atoms. The van der Waals surface area contributed by atoms with Crippen LogP contribution >= 0.6 is 0 Å². The molecule has 0 N–H and O–H groups in total. The second-order valence-electron chi connectivity index (χ2n) is 5.25. The highest BCUT2D eigenvalue weighted by Crippen LogP contribution is 2.39. The van der Waals surface area contributed by atoms with Crippen LogP contribution in [-0.2, 0) is 19.7 Å². The molecule has 2 amide bonds.